The molecule has 2 fully saturated rings. The summed E-state index contributed by atoms with van der Waals surface area (Å²) in [5.74, 6) is -0.195. The molecule has 0 radical (unpaired) electrons. The fourth-order valence-corrected chi connectivity index (χ4v) is 3.27. The third kappa shape index (κ3) is 3.75. The molecule has 0 aromatic heterocycles. The van der Waals surface area contributed by atoms with Crippen LogP contribution in [0.2, 0.25) is 0 Å². The number of nitriles is 1. The van der Waals surface area contributed by atoms with Crippen LogP contribution in [0.3, 0.4) is 0 Å². The highest BCUT2D eigenvalue weighted by Crippen LogP contribution is 2.21. The first-order valence-electron chi connectivity index (χ1n) is 7.93. The molecular formula is C16H25N3O. The molecule has 1 saturated heterocycles. The van der Waals surface area contributed by atoms with Crippen molar-refractivity contribution in [1.29, 1.82) is 5.26 Å². The zero-order valence-corrected chi connectivity index (χ0v) is 12.4. The fourth-order valence-electron chi connectivity index (χ4n) is 3.27. The smallest absolute Gasteiger partial charge is 0.263 e. The molecule has 2 aliphatic rings. The van der Waals surface area contributed by atoms with Gasteiger partial charge in [-0.3, -0.25) is 4.79 Å². The Labute approximate surface area is 121 Å². The second kappa shape index (κ2) is 7.33. The van der Waals surface area contributed by atoms with Crippen molar-refractivity contribution in [2.24, 2.45) is 0 Å². The minimum absolute atomic E-state index is 0.195. The Hall–Kier alpha value is -1.50. The van der Waals surface area contributed by atoms with Gasteiger partial charge in [0.1, 0.15) is 11.6 Å². The Bertz CT molecular complexity index is 404. The molecule has 1 N–H and O–H groups in total. The molecule has 20 heavy (non-hydrogen) atoms. The highest BCUT2D eigenvalue weighted by molar-refractivity contribution is 5.97. The lowest BCUT2D eigenvalue weighted by Gasteiger charge is -2.34. The Balaban J connectivity index is 2.00. The molecule has 0 bridgehead atoms. The molecule has 0 aromatic carbocycles. The molecule has 1 heterocycles. The van der Waals surface area contributed by atoms with E-state index in [0.717, 1.165) is 38.6 Å². The molecule has 1 unspecified atom stereocenters. The minimum atomic E-state index is -0.195. The van der Waals surface area contributed by atoms with Gasteiger partial charge in [0.15, 0.2) is 0 Å². The van der Waals surface area contributed by atoms with E-state index in [0.29, 0.717) is 6.04 Å². The SMILES string of the molecule is CCC1CCCCN1/C=C(/C#N)C(=O)NC1CCCC1. The Morgan fingerprint density at radius 2 is 2.00 bits per heavy atom. The van der Waals surface area contributed by atoms with Crippen molar-refractivity contribution in [2.45, 2.75) is 70.4 Å². The Morgan fingerprint density at radius 3 is 2.65 bits per heavy atom. The molecule has 110 valence electrons. The van der Waals surface area contributed by atoms with Crippen LogP contribution >= 0.6 is 0 Å². The number of hydrogen-bond acceptors (Lipinski definition) is 3. The maximum absolute atomic E-state index is 12.2. The summed E-state index contributed by atoms with van der Waals surface area (Å²) in [7, 11) is 0. The van der Waals surface area contributed by atoms with E-state index in [1.54, 1.807) is 6.20 Å². The first kappa shape index (κ1) is 14.9. The summed E-state index contributed by atoms with van der Waals surface area (Å²) in [6.07, 6.45) is 10.9. The molecule has 1 atom stereocenters. The van der Waals surface area contributed by atoms with E-state index in [-0.39, 0.29) is 17.5 Å². The van der Waals surface area contributed by atoms with Crippen LogP contribution in [-0.4, -0.2) is 29.4 Å². The minimum Gasteiger partial charge on any atom is -0.373 e. The monoisotopic (exact) mass is 275 g/mol. The average molecular weight is 275 g/mol. The van der Waals surface area contributed by atoms with Crippen molar-refractivity contribution in [2.75, 3.05) is 6.54 Å². The van der Waals surface area contributed by atoms with E-state index in [1.807, 2.05) is 0 Å². The van der Waals surface area contributed by atoms with Gasteiger partial charge < -0.3 is 10.2 Å². The van der Waals surface area contributed by atoms with Gasteiger partial charge in [-0.2, -0.15) is 5.26 Å². The molecule has 1 aliphatic carbocycles. The summed E-state index contributed by atoms with van der Waals surface area (Å²) < 4.78 is 0. The normalized spacial score (nSPS) is 24.5. The second-order valence-electron chi connectivity index (χ2n) is 5.91. The zero-order chi connectivity index (χ0) is 14.4. The number of hydrogen-bond donors (Lipinski definition) is 1. The number of carbonyl (C=O) groups excluding carboxylic acids is 1. The highest BCUT2D eigenvalue weighted by Gasteiger charge is 2.22. The van der Waals surface area contributed by atoms with E-state index >= 15 is 0 Å². The van der Waals surface area contributed by atoms with Gasteiger partial charge in [-0.05, 0) is 38.5 Å². The number of rotatable bonds is 4. The van der Waals surface area contributed by atoms with Crippen molar-refractivity contribution in [1.82, 2.24) is 10.2 Å². The summed E-state index contributed by atoms with van der Waals surface area (Å²) in [6, 6.07) is 2.82. The molecule has 0 aromatic rings. The van der Waals surface area contributed by atoms with Crippen LogP contribution in [0.5, 0.6) is 0 Å². The van der Waals surface area contributed by atoms with Gasteiger partial charge >= 0.3 is 0 Å². The number of nitrogens with one attached hydrogen (secondary N) is 1. The Kier molecular flexibility index (Phi) is 5.46. The highest BCUT2D eigenvalue weighted by atomic mass is 16.1. The van der Waals surface area contributed by atoms with Crippen LogP contribution in [0.4, 0.5) is 0 Å². The van der Waals surface area contributed by atoms with Gasteiger partial charge in [-0.25, -0.2) is 0 Å². The fraction of sp³-hybridized carbons (Fsp3) is 0.750. The van der Waals surface area contributed by atoms with Crippen molar-refractivity contribution >= 4 is 5.91 Å². The average Bonchev–Trinajstić information content (AvgIpc) is 2.97. The number of likely N-dealkylation sites (tertiary alicyclic amines) is 1. The van der Waals surface area contributed by atoms with Crippen LogP contribution < -0.4 is 5.32 Å². The number of amides is 1. The summed E-state index contributed by atoms with van der Waals surface area (Å²) in [6.45, 7) is 3.13. The lowest BCUT2D eigenvalue weighted by Crippen LogP contribution is -2.37. The van der Waals surface area contributed by atoms with E-state index in [9.17, 15) is 10.1 Å². The third-order valence-electron chi connectivity index (χ3n) is 4.49. The zero-order valence-electron chi connectivity index (χ0n) is 12.4. The van der Waals surface area contributed by atoms with Crippen LogP contribution in [0.15, 0.2) is 11.8 Å². The summed E-state index contributed by atoms with van der Waals surface area (Å²) >= 11 is 0. The lowest BCUT2D eigenvalue weighted by atomic mass is 10.0. The molecule has 1 saturated carbocycles. The molecule has 2 rings (SSSR count). The van der Waals surface area contributed by atoms with Gasteiger partial charge in [0.2, 0.25) is 0 Å². The molecule has 1 amide bonds. The van der Waals surface area contributed by atoms with Gasteiger partial charge in [-0.15, -0.1) is 0 Å². The van der Waals surface area contributed by atoms with Crippen molar-refractivity contribution < 1.29 is 4.79 Å². The molecule has 1 aliphatic heterocycles. The van der Waals surface area contributed by atoms with Crippen molar-refractivity contribution in [3.05, 3.63) is 11.8 Å². The summed E-state index contributed by atoms with van der Waals surface area (Å²) in [5, 5.41) is 12.3. The van der Waals surface area contributed by atoms with Crippen LogP contribution in [-0.2, 0) is 4.79 Å². The van der Waals surface area contributed by atoms with E-state index in [4.69, 9.17) is 0 Å². The van der Waals surface area contributed by atoms with Crippen molar-refractivity contribution in [3.63, 3.8) is 0 Å². The molecule has 4 nitrogen and oxygen atoms in total. The number of piperidine rings is 1. The van der Waals surface area contributed by atoms with Crippen LogP contribution in [0, 0.1) is 11.3 Å². The standard InChI is InChI=1S/C16H25N3O/c1-2-15-9-5-6-10-19(15)12-13(11-17)16(20)18-14-7-3-4-8-14/h12,14-15H,2-10H2,1H3,(H,18,20)/b13-12-. The topological polar surface area (TPSA) is 56.1 Å². The summed E-state index contributed by atoms with van der Waals surface area (Å²) in [5.41, 5.74) is 0.261. The van der Waals surface area contributed by atoms with Gasteiger partial charge in [-0.1, -0.05) is 19.8 Å². The maximum Gasteiger partial charge on any atom is 0.263 e. The summed E-state index contributed by atoms with van der Waals surface area (Å²) in [4.78, 5) is 14.4. The first-order chi connectivity index (χ1) is 9.74. The largest absolute Gasteiger partial charge is 0.373 e. The van der Waals surface area contributed by atoms with Crippen LogP contribution in [0.25, 0.3) is 0 Å². The number of carbonyl (C=O) groups is 1. The van der Waals surface area contributed by atoms with E-state index in [2.05, 4.69) is 23.2 Å². The second-order valence-corrected chi connectivity index (χ2v) is 5.91. The quantitative estimate of drug-likeness (QED) is 0.634. The Morgan fingerprint density at radius 1 is 1.30 bits per heavy atom. The predicted molar refractivity (Wildman–Crippen MR) is 78.7 cm³/mol. The molecule has 0 spiro atoms. The van der Waals surface area contributed by atoms with Crippen molar-refractivity contribution in [3.8, 4) is 6.07 Å². The maximum atomic E-state index is 12.2. The van der Waals surface area contributed by atoms with Gasteiger partial charge in [0.05, 0.1) is 0 Å². The first-order valence-corrected chi connectivity index (χ1v) is 7.93. The van der Waals surface area contributed by atoms with Gasteiger partial charge in [0, 0.05) is 24.8 Å². The third-order valence-corrected chi connectivity index (χ3v) is 4.49. The van der Waals surface area contributed by atoms with E-state index < -0.39 is 0 Å². The van der Waals surface area contributed by atoms with Gasteiger partial charge in [0.25, 0.3) is 5.91 Å². The number of nitrogens with zero attached hydrogens (tertiary/aromatic N) is 2. The predicted octanol–water partition coefficient (Wildman–Crippen LogP) is 2.72. The van der Waals surface area contributed by atoms with E-state index in [1.165, 1.54) is 19.3 Å². The van der Waals surface area contributed by atoms with Crippen LogP contribution in [0.1, 0.15) is 58.3 Å². The molecular weight excluding hydrogens is 250 g/mol. The molecule has 4 heteroatoms. The lowest BCUT2D eigenvalue weighted by molar-refractivity contribution is -0.117.